The number of fused-ring (bicyclic) bond motifs is 5. The molecule has 2 nitrogen and oxygen atoms in total. The zero-order valence-corrected chi connectivity index (χ0v) is 19.5. The molecule has 3 saturated carbocycles. The number of aliphatic hydroxyl groups excluding tert-OH is 2. The summed E-state index contributed by atoms with van der Waals surface area (Å²) in [5, 5.41) is 21.7. The van der Waals surface area contributed by atoms with Crippen LogP contribution in [0.1, 0.15) is 92.4 Å². The molecule has 0 aromatic carbocycles. The Hall–Kier alpha value is -0.600. The monoisotopic (exact) mass is 400 g/mol. The van der Waals surface area contributed by atoms with Crippen LogP contribution in [0, 0.1) is 40.4 Å². The van der Waals surface area contributed by atoms with E-state index in [1.807, 2.05) is 0 Å². The molecule has 9 atom stereocenters. The molecule has 4 aliphatic carbocycles. The summed E-state index contributed by atoms with van der Waals surface area (Å²) in [5.41, 5.74) is 3.28. The van der Waals surface area contributed by atoms with Crippen LogP contribution < -0.4 is 0 Å². The molecule has 2 N–H and O–H groups in total. The molecule has 0 aliphatic heterocycles. The molecule has 4 rings (SSSR count). The summed E-state index contributed by atoms with van der Waals surface area (Å²) >= 11 is 0. The highest BCUT2D eigenvalue weighted by Gasteiger charge is 2.61. The maximum Gasteiger partial charge on any atom is 0.0585 e. The minimum absolute atomic E-state index is 0.107. The van der Waals surface area contributed by atoms with Gasteiger partial charge in [0.1, 0.15) is 0 Å². The van der Waals surface area contributed by atoms with Crippen LogP contribution in [-0.2, 0) is 0 Å². The molecule has 0 heterocycles. The summed E-state index contributed by atoms with van der Waals surface area (Å²) in [5.74, 6) is 3.27. The normalized spacial score (nSPS) is 47.5. The average molecular weight is 401 g/mol. The van der Waals surface area contributed by atoms with Crippen molar-refractivity contribution in [2.45, 2.75) is 105 Å². The summed E-state index contributed by atoms with van der Waals surface area (Å²) in [6.45, 7) is 11.8. The second-order valence-corrected chi connectivity index (χ2v) is 11.9. The highest BCUT2D eigenvalue weighted by molar-refractivity contribution is 5.26. The van der Waals surface area contributed by atoms with Crippen molar-refractivity contribution >= 4 is 0 Å². The van der Waals surface area contributed by atoms with Crippen molar-refractivity contribution in [1.82, 2.24) is 0 Å². The lowest BCUT2D eigenvalue weighted by Crippen LogP contribution is -2.56. The largest absolute Gasteiger partial charge is 0.393 e. The Morgan fingerprint density at radius 1 is 1.21 bits per heavy atom. The Balaban J connectivity index is 1.56. The molecule has 0 aromatic heterocycles. The van der Waals surface area contributed by atoms with E-state index in [-0.39, 0.29) is 17.6 Å². The van der Waals surface area contributed by atoms with E-state index in [9.17, 15) is 10.2 Å². The fourth-order valence-electron chi connectivity index (χ4n) is 8.58. The molecule has 0 saturated heterocycles. The van der Waals surface area contributed by atoms with E-state index in [4.69, 9.17) is 0 Å². The smallest absolute Gasteiger partial charge is 0.0585 e. The molecule has 3 fully saturated rings. The first-order chi connectivity index (χ1) is 13.7. The zero-order valence-electron chi connectivity index (χ0n) is 19.5. The first-order valence-electron chi connectivity index (χ1n) is 12.4. The van der Waals surface area contributed by atoms with Crippen molar-refractivity contribution in [2.75, 3.05) is 0 Å². The molecule has 0 bridgehead atoms. The standard InChI is InChI=1S/C27H44O2/c1-17(2)7-6-8-18(3)22-11-12-23-21-10-9-19-15-20(28)13-14-26(19,4)25(21)24(29)16-27(22,23)5/h7,9,18,20-25,28-29H,6,8,10-16H2,1-5H3/t18-,20-,21+,22-,23+,24-,25-,26+,27-/m1/s1. The number of aliphatic hydroxyl groups is 2. The van der Waals surface area contributed by atoms with E-state index in [1.54, 1.807) is 0 Å². The van der Waals surface area contributed by atoms with E-state index in [0.29, 0.717) is 17.3 Å². The van der Waals surface area contributed by atoms with Crippen LogP contribution in [0.15, 0.2) is 23.3 Å². The van der Waals surface area contributed by atoms with E-state index in [0.717, 1.165) is 49.9 Å². The number of allylic oxidation sites excluding steroid dienone is 3. The Labute approximate surface area is 178 Å². The molecule has 4 aliphatic rings. The van der Waals surface area contributed by atoms with Gasteiger partial charge in [-0.2, -0.15) is 0 Å². The van der Waals surface area contributed by atoms with Gasteiger partial charge in [-0.05, 0) is 112 Å². The quantitative estimate of drug-likeness (QED) is 0.545. The maximum atomic E-state index is 11.5. The van der Waals surface area contributed by atoms with Crippen LogP contribution in [0.5, 0.6) is 0 Å². The van der Waals surface area contributed by atoms with E-state index < -0.39 is 0 Å². The summed E-state index contributed by atoms with van der Waals surface area (Å²) in [4.78, 5) is 0. The molecule has 0 amide bonds. The SMILES string of the molecule is CC(C)=CCC[C@@H](C)[C@H]1CC[C@H]2[C@@H]3CC=C4C[C@H](O)CC[C@]4(C)[C@H]3[C@H](O)C[C@]12C. The van der Waals surface area contributed by atoms with Crippen LogP contribution in [0.3, 0.4) is 0 Å². The lowest BCUT2D eigenvalue weighted by atomic mass is 9.46. The summed E-state index contributed by atoms with van der Waals surface area (Å²) in [6.07, 6.45) is 14.6. The molecule has 0 spiro atoms. The Kier molecular flexibility index (Phi) is 5.84. The van der Waals surface area contributed by atoms with Gasteiger partial charge in [-0.3, -0.25) is 0 Å². The zero-order chi connectivity index (χ0) is 21.0. The molecular weight excluding hydrogens is 356 g/mol. The van der Waals surface area contributed by atoms with Gasteiger partial charge in [0, 0.05) is 0 Å². The van der Waals surface area contributed by atoms with Gasteiger partial charge >= 0.3 is 0 Å². The predicted molar refractivity (Wildman–Crippen MR) is 120 cm³/mol. The van der Waals surface area contributed by atoms with Crippen LogP contribution in [0.25, 0.3) is 0 Å². The van der Waals surface area contributed by atoms with E-state index in [1.165, 1.54) is 36.8 Å². The number of hydrogen-bond acceptors (Lipinski definition) is 2. The van der Waals surface area contributed by atoms with Crippen molar-refractivity contribution in [1.29, 1.82) is 0 Å². The topological polar surface area (TPSA) is 40.5 Å². The van der Waals surface area contributed by atoms with E-state index >= 15 is 0 Å². The van der Waals surface area contributed by atoms with Gasteiger partial charge in [0.2, 0.25) is 0 Å². The molecule has 0 unspecified atom stereocenters. The van der Waals surface area contributed by atoms with E-state index in [2.05, 4.69) is 46.8 Å². The van der Waals surface area contributed by atoms with Crippen molar-refractivity contribution in [2.24, 2.45) is 40.4 Å². The summed E-state index contributed by atoms with van der Waals surface area (Å²) in [6, 6.07) is 0. The second-order valence-electron chi connectivity index (χ2n) is 11.9. The first-order valence-corrected chi connectivity index (χ1v) is 12.4. The molecule has 29 heavy (non-hydrogen) atoms. The van der Waals surface area contributed by atoms with Crippen molar-refractivity contribution in [3.63, 3.8) is 0 Å². The van der Waals surface area contributed by atoms with Crippen LogP contribution in [0.2, 0.25) is 0 Å². The van der Waals surface area contributed by atoms with Gasteiger partial charge < -0.3 is 10.2 Å². The second kappa shape index (κ2) is 7.83. The maximum absolute atomic E-state index is 11.5. The summed E-state index contributed by atoms with van der Waals surface area (Å²) in [7, 11) is 0. The Morgan fingerprint density at radius 3 is 2.69 bits per heavy atom. The van der Waals surface area contributed by atoms with Crippen LogP contribution >= 0.6 is 0 Å². The molecule has 2 heteroatoms. The fraction of sp³-hybridized carbons (Fsp3) is 0.852. The van der Waals surface area contributed by atoms with Crippen molar-refractivity contribution < 1.29 is 10.2 Å². The van der Waals surface area contributed by atoms with Crippen molar-refractivity contribution in [3.8, 4) is 0 Å². The molecular formula is C27H44O2. The van der Waals surface area contributed by atoms with Crippen LogP contribution in [0.4, 0.5) is 0 Å². The molecule has 0 radical (unpaired) electrons. The third-order valence-corrected chi connectivity index (χ3v) is 9.94. The minimum atomic E-state index is -0.184. The summed E-state index contributed by atoms with van der Waals surface area (Å²) < 4.78 is 0. The predicted octanol–water partition coefficient (Wildman–Crippen LogP) is 6.28. The van der Waals surface area contributed by atoms with Crippen molar-refractivity contribution in [3.05, 3.63) is 23.3 Å². The van der Waals surface area contributed by atoms with Crippen LogP contribution in [-0.4, -0.2) is 22.4 Å². The lowest BCUT2D eigenvalue weighted by molar-refractivity contribution is -0.129. The number of rotatable bonds is 4. The number of hydrogen-bond donors (Lipinski definition) is 2. The molecule has 164 valence electrons. The average Bonchev–Trinajstić information content (AvgIpc) is 2.98. The lowest BCUT2D eigenvalue weighted by Gasteiger charge is -2.60. The van der Waals surface area contributed by atoms with Gasteiger partial charge in [-0.15, -0.1) is 0 Å². The van der Waals surface area contributed by atoms with Gasteiger partial charge in [-0.25, -0.2) is 0 Å². The Morgan fingerprint density at radius 2 is 1.97 bits per heavy atom. The highest BCUT2D eigenvalue weighted by Crippen LogP contribution is 2.67. The van der Waals surface area contributed by atoms with Gasteiger partial charge in [0.15, 0.2) is 0 Å². The van der Waals surface area contributed by atoms with Gasteiger partial charge in [-0.1, -0.05) is 44.1 Å². The minimum Gasteiger partial charge on any atom is -0.393 e. The highest BCUT2D eigenvalue weighted by atomic mass is 16.3. The van der Waals surface area contributed by atoms with Gasteiger partial charge in [0.25, 0.3) is 0 Å². The molecule has 0 aromatic rings. The van der Waals surface area contributed by atoms with Gasteiger partial charge in [0.05, 0.1) is 12.2 Å². The fourth-order valence-corrected chi connectivity index (χ4v) is 8.58. The third-order valence-electron chi connectivity index (χ3n) is 9.94. The first kappa shape index (κ1) is 21.6. The third kappa shape index (κ3) is 3.57. The Bertz CT molecular complexity index is 674.